The molecule has 0 aliphatic carbocycles. The Balaban J connectivity index is 1.57. The number of carbonyl (C=O) groups excluding carboxylic acids is 1. The van der Waals surface area contributed by atoms with E-state index in [1.54, 1.807) is 12.3 Å². The summed E-state index contributed by atoms with van der Waals surface area (Å²) in [6.07, 6.45) is 1.66. The highest BCUT2D eigenvalue weighted by Gasteiger charge is 2.15. The SMILES string of the molecule is O=C(Nc1nccs1)c1cccc2[nH]c(-c3ccc4ccccc4c3)nc12. The largest absolute Gasteiger partial charge is 0.338 e. The van der Waals surface area contributed by atoms with E-state index in [2.05, 4.69) is 39.6 Å². The highest BCUT2D eigenvalue weighted by atomic mass is 32.1. The molecule has 0 spiro atoms. The standard InChI is InChI=1S/C21H14N4OS/c26-20(25-21-22-10-11-27-21)16-6-3-7-17-18(16)24-19(23-17)15-9-8-13-4-1-2-5-14(13)12-15/h1-12H,(H,23,24)(H,22,25,26). The van der Waals surface area contributed by atoms with Gasteiger partial charge in [-0.05, 0) is 29.0 Å². The number of aromatic nitrogens is 3. The van der Waals surface area contributed by atoms with Crippen molar-refractivity contribution in [3.8, 4) is 11.4 Å². The molecule has 0 aliphatic rings. The molecule has 6 heteroatoms. The second-order valence-electron chi connectivity index (χ2n) is 6.14. The van der Waals surface area contributed by atoms with Gasteiger partial charge in [0.05, 0.1) is 11.1 Å². The quantitative estimate of drug-likeness (QED) is 0.465. The highest BCUT2D eigenvalue weighted by molar-refractivity contribution is 7.13. The van der Waals surface area contributed by atoms with E-state index in [1.807, 2.05) is 35.7 Å². The molecule has 2 aromatic heterocycles. The van der Waals surface area contributed by atoms with Crippen molar-refractivity contribution in [2.75, 3.05) is 5.32 Å². The van der Waals surface area contributed by atoms with Crippen LogP contribution in [0.3, 0.4) is 0 Å². The minimum absolute atomic E-state index is 0.216. The van der Waals surface area contributed by atoms with E-state index in [0.29, 0.717) is 16.2 Å². The molecule has 2 N–H and O–H groups in total. The molecular formula is C21H14N4OS. The average molecular weight is 370 g/mol. The minimum Gasteiger partial charge on any atom is -0.338 e. The summed E-state index contributed by atoms with van der Waals surface area (Å²) < 4.78 is 0. The molecule has 0 saturated carbocycles. The van der Waals surface area contributed by atoms with Crippen LogP contribution in [0.2, 0.25) is 0 Å². The van der Waals surface area contributed by atoms with Crippen molar-refractivity contribution in [3.63, 3.8) is 0 Å². The first kappa shape index (κ1) is 15.7. The van der Waals surface area contributed by atoms with Gasteiger partial charge in [0.2, 0.25) is 0 Å². The number of thiazole rings is 1. The first-order valence-electron chi connectivity index (χ1n) is 8.47. The third kappa shape index (κ3) is 2.86. The van der Waals surface area contributed by atoms with Crippen molar-refractivity contribution < 1.29 is 4.79 Å². The van der Waals surface area contributed by atoms with Gasteiger partial charge < -0.3 is 4.98 Å². The van der Waals surface area contributed by atoms with Crippen LogP contribution in [0.15, 0.2) is 72.2 Å². The van der Waals surface area contributed by atoms with Gasteiger partial charge in [-0.15, -0.1) is 11.3 Å². The number of nitrogens with zero attached hydrogens (tertiary/aromatic N) is 2. The minimum atomic E-state index is -0.216. The molecule has 27 heavy (non-hydrogen) atoms. The molecule has 0 fully saturated rings. The van der Waals surface area contributed by atoms with E-state index in [0.717, 1.165) is 22.3 Å². The Kier molecular flexibility index (Phi) is 3.69. The number of imidazole rings is 1. The zero-order valence-corrected chi connectivity index (χ0v) is 15.0. The number of benzene rings is 3. The lowest BCUT2D eigenvalue weighted by Crippen LogP contribution is -2.12. The van der Waals surface area contributed by atoms with E-state index in [4.69, 9.17) is 4.98 Å². The highest BCUT2D eigenvalue weighted by Crippen LogP contribution is 2.26. The predicted molar refractivity (Wildman–Crippen MR) is 109 cm³/mol. The molecule has 2 heterocycles. The van der Waals surface area contributed by atoms with Crippen LogP contribution in [-0.4, -0.2) is 20.9 Å². The third-order valence-corrected chi connectivity index (χ3v) is 5.12. The van der Waals surface area contributed by atoms with Gasteiger partial charge in [-0.3, -0.25) is 10.1 Å². The van der Waals surface area contributed by atoms with Crippen molar-refractivity contribution in [3.05, 3.63) is 77.8 Å². The smallest absolute Gasteiger partial charge is 0.259 e. The van der Waals surface area contributed by atoms with Crippen molar-refractivity contribution in [2.24, 2.45) is 0 Å². The number of para-hydroxylation sites is 1. The van der Waals surface area contributed by atoms with Crippen LogP contribution >= 0.6 is 11.3 Å². The summed E-state index contributed by atoms with van der Waals surface area (Å²) >= 11 is 1.38. The Labute approximate surface area is 158 Å². The van der Waals surface area contributed by atoms with Crippen LogP contribution in [0.1, 0.15) is 10.4 Å². The topological polar surface area (TPSA) is 70.7 Å². The van der Waals surface area contributed by atoms with Gasteiger partial charge in [0.1, 0.15) is 11.3 Å². The van der Waals surface area contributed by atoms with Gasteiger partial charge in [0.15, 0.2) is 5.13 Å². The number of carbonyl (C=O) groups is 1. The number of hydrogen-bond acceptors (Lipinski definition) is 4. The lowest BCUT2D eigenvalue weighted by atomic mass is 10.1. The van der Waals surface area contributed by atoms with Crippen molar-refractivity contribution >= 4 is 44.2 Å². The third-order valence-electron chi connectivity index (χ3n) is 4.43. The van der Waals surface area contributed by atoms with Crippen molar-refractivity contribution in [1.82, 2.24) is 15.0 Å². The van der Waals surface area contributed by atoms with Crippen LogP contribution < -0.4 is 5.32 Å². The summed E-state index contributed by atoms with van der Waals surface area (Å²) in [6.45, 7) is 0. The molecule has 0 aliphatic heterocycles. The number of anilines is 1. The van der Waals surface area contributed by atoms with Gasteiger partial charge in [-0.1, -0.05) is 42.5 Å². The molecule has 0 unspecified atom stereocenters. The van der Waals surface area contributed by atoms with Crippen LogP contribution in [0.5, 0.6) is 0 Å². The molecule has 5 rings (SSSR count). The number of amides is 1. The Hall–Kier alpha value is -3.51. The number of fused-ring (bicyclic) bond motifs is 2. The fourth-order valence-electron chi connectivity index (χ4n) is 3.14. The van der Waals surface area contributed by atoms with Gasteiger partial charge in [-0.2, -0.15) is 0 Å². The average Bonchev–Trinajstić information content (AvgIpc) is 3.36. The van der Waals surface area contributed by atoms with Crippen LogP contribution in [0.4, 0.5) is 5.13 Å². The molecule has 0 radical (unpaired) electrons. The fraction of sp³-hybridized carbons (Fsp3) is 0. The zero-order chi connectivity index (χ0) is 18.2. The van der Waals surface area contributed by atoms with E-state index in [1.165, 1.54) is 16.7 Å². The van der Waals surface area contributed by atoms with E-state index in [-0.39, 0.29) is 5.91 Å². The maximum absolute atomic E-state index is 12.6. The molecule has 3 aromatic carbocycles. The Morgan fingerprint density at radius 2 is 1.89 bits per heavy atom. The molecule has 1 amide bonds. The van der Waals surface area contributed by atoms with Gasteiger partial charge >= 0.3 is 0 Å². The second-order valence-corrected chi connectivity index (χ2v) is 7.04. The van der Waals surface area contributed by atoms with Crippen LogP contribution in [-0.2, 0) is 0 Å². The predicted octanol–water partition coefficient (Wildman–Crippen LogP) is 5.09. The van der Waals surface area contributed by atoms with E-state index in [9.17, 15) is 4.79 Å². The monoisotopic (exact) mass is 370 g/mol. The fourth-order valence-corrected chi connectivity index (χ4v) is 3.66. The molecule has 130 valence electrons. The van der Waals surface area contributed by atoms with Crippen LogP contribution in [0.25, 0.3) is 33.2 Å². The lowest BCUT2D eigenvalue weighted by molar-refractivity contribution is 0.102. The molecule has 0 atom stereocenters. The summed E-state index contributed by atoms with van der Waals surface area (Å²) in [4.78, 5) is 24.8. The first-order valence-corrected chi connectivity index (χ1v) is 9.35. The van der Waals surface area contributed by atoms with Crippen LogP contribution in [0, 0.1) is 0 Å². The Morgan fingerprint density at radius 3 is 2.74 bits per heavy atom. The summed E-state index contributed by atoms with van der Waals surface area (Å²) in [6, 6.07) is 20.0. The normalized spacial score (nSPS) is 11.1. The molecular weight excluding hydrogens is 356 g/mol. The molecule has 0 saturated heterocycles. The number of aromatic amines is 1. The maximum Gasteiger partial charge on any atom is 0.259 e. The zero-order valence-electron chi connectivity index (χ0n) is 14.1. The summed E-state index contributed by atoms with van der Waals surface area (Å²) in [5.41, 5.74) is 2.97. The first-order chi connectivity index (χ1) is 13.3. The molecule has 0 bridgehead atoms. The molecule has 5 nitrogen and oxygen atoms in total. The van der Waals surface area contributed by atoms with Gasteiger partial charge in [-0.25, -0.2) is 9.97 Å². The number of nitrogens with one attached hydrogen (secondary N) is 2. The Bertz CT molecular complexity index is 1270. The second kappa shape index (κ2) is 6.34. The summed E-state index contributed by atoms with van der Waals surface area (Å²) in [5.74, 6) is 0.525. The summed E-state index contributed by atoms with van der Waals surface area (Å²) in [7, 11) is 0. The van der Waals surface area contributed by atoms with E-state index >= 15 is 0 Å². The number of rotatable bonds is 3. The maximum atomic E-state index is 12.6. The van der Waals surface area contributed by atoms with Gasteiger partial charge in [0, 0.05) is 17.1 Å². The molecule has 5 aromatic rings. The lowest BCUT2D eigenvalue weighted by Gasteiger charge is -2.02. The van der Waals surface area contributed by atoms with Crippen molar-refractivity contribution in [2.45, 2.75) is 0 Å². The van der Waals surface area contributed by atoms with E-state index < -0.39 is 0 Å². The number of H-pyrrole nitrogens is 1. The van der Waals surface area contributed by atoms with Crippen molar-refractivity contribution in [1.29, 1.82) is 0 Å². The Morgan fingerprint density at radius 1 is 1.00 bits per heavy atom. The number of hydrogen-bond donors (Lipinski definition) is 2. The summed E-state index contributed by atoms with van der Waals surface area (Å²) in [5, 5.41) is 7.54. The van der Waals surface area contributed by atoms with Gasteiger partial charge in [0.25, 0.3) is 5.91 Å².